The smallest absolute Gasteiger partial charge is 0.272 e. The lowest BCUT2D eigenvalue weighted by atomic mass is 10.3. The minimum absolute atomic E-state index is 0.139. The average Bonchev–Trinajstić information content (AvgIpc) is 2.30. The van der Waals surface area contributed by atoms with Crippen LogP contribution < -0.4 is 16.4 Å². The second kappa shape index (κ2) is 5.78. The number of hydrogen-bond acceptors (Lipinski definition) is 5. The lowest BCUT2D eigenvalue weighted by Crippen LogP contribution is -2.42. The van der Waals surface area contributed by atoms with E-state index in [4.69, 9.17) is 5.73 Å². The van der Waals surface area contributed by atoms with E-state index in [1.165, 1.54) is 19.3 Å². The van der Waals surface area contributed by atoms with Crippen molar-refractivity contribution in [2.24, 2.45) is 5.73 Å². The summed E-state index contributed by atoms with van der Waals surface area (Å²) in [6.07, 6.45) is 2.79. The number of amides is 2. The Morgan fingerprint density at radius 1 is 1.41 bits per heavy atom. The number of nitrogens with zero attached hydrogens (tertiary/aromatic N) is 2. The Morgan fingerprint density at radius 2 is 2.12 bits per heavy atom. The third-order valence-electron chi connectivity index (χ3n) is 2.02. The molecule has 0 aromatic carbocycles. The first-order valence-electron chi connectivity index (χ1n) is 5.20. The summed E-state index contributed by atoms with van der Waals surface area (Å²) in [6.45, 7) is 4.15. The molecule has 1 atom stereocenters. The fourth-order valence-electron chi connectivity index (χ4n) is 1.06. The monoisotopic (exact) mass is 237 g/mol. The first kappa shape index (κ1) is 12.9. The summed E-state index contributed by atoms with van der Waals surface area (Å²) in [6, 6.07) is -0.738. The van der Waals surface area contributed by atoms with Gasteiger partial charge in [0.2, 0.25) is 5.91 Å². The number of carbonyl (C=O) groups excluding carboxylic acids is 2. The van der Waals surface area contributed by atoms with Gasteiger partial charge >= 0.3 is 0 Å². The summed E-state index contributed by atoms with van der Waals surface area (Å²) in [5.41, 5.74) is 5.16. The predicted molar refractivity (Wildman–Crippen MR) is 62.3 cm³/mol. The van der Waals surface area contributed by atoms with Crippen molar-refractivity contribution in [3.05, 3.63) is 18.1 Å². The van der Waals surface area contributed by atoms with Crippen LogP contribution in [-0.2, 0) is 4.79 Å². The highest BCUT2D eigenvalue weighted by molar-refractivity contribution is 5.95. The maximum absolute atomic E-state index is 11.6. The van der Waals surface area contributed by atoms with E-state index in [0.29, 0.717) is 5.82 Å². The SMILES string of the molecule is CCNc1cnc(C(=O)NC(C)C(N)=O)cn1. The van der Waals surface area contributed by atoms with Crippen LogP contribution in [0, 0.1) is 0 Å². The van der Waals surface area contributed by atoms with Crippen LogP contribution in [0.4, 0.5) is 5.82 Å². The topological polar surface area (TPSA) is 110 Å². The van der Waals surface area contributed by atoms with E-state index in [-0.39, 0.29) is 5.69 Å². The standard InChI is InChI=1S/C10H15N5O2/c1-3-12-8-5-13-7(4-14-8)10(17)15-6(2)9(11)16/h4-6H,3H2,1-2H3,(H2,11,16)(H,12,14)(H,15,17). The average molecular weight is 237 g/mol. The summed E-state index contributed by atoms with van der Waals surface area (Å²) < 4.78 is 0. The number of hydrogen-bond donors (Lipinski definition) is 3. The lowest BCUT2D eigenvalue weighted by Gasteiger charge is -2.09. The third kappa shape index (κ3) is 3.71. The van der Waals surface area contributed by atoms with Crippen molar-refractivity contribution in [3.63, 3.8) is 0 Å². The van der Waals surface area contributed by atoms with Crippen molar-refractivity contribution >= 4 is 17.6 Å². The minimum atomic E-state index is -0.738. The summed E-state index contributed by atoms with van der Waals surface area (Å²) >= 11 is 0. The van der Waals surface area contributed by atoms with Gasteiger partial charge in [0.05, 0.1) is 12.4 Å². The van der Waals surface area contributed by atoms with Gasteiger partial charge in [0, 0.05) is 6.54 Å². The molecule has 1 heterocycles. The summed E-state index contributed by atoms with van der Waals surface area (Å²) in [4.78, 5) is 30.3. The highest BCUT2D eigenvalue weighted by atomic mass is 16.2. The molecule has 0 fully saturated rings. The molecule has 7 heteroatoms. The van der Waals surface area contributed by atoms with Crippen molar-refractivity contribution in [2.45, 2.75) is 19.9 Å². The molecule has 1 unspecified atom stereocenters. The molecule has 4 N–H and O–H groups in total. The molecular weight excluding hydrogens is 222 g/mol. The van der Waals surface area contributed by atoms with Crippen molar-refractivity contribution in [1.82, 2.24) is 15.3 Å². The van der Waals surface area contributed by atoms with Crippen LogP contribution in [0.5, 0.6) is 0 Å². The van der Waals surface area contributed by atoms with E-state index in [0.717, 1.165) is 6.54 Å². The molecule has 7 nitrogen and oxygen atoms in total. The van der Waals surface area contributed by atoms with Crippen molar-refractivity contribution < 1.29 is 9.59 Å². The first-order valence-corrected chi connectivity index (χ1v) is 5.20. The van der Waals surface area contributed by atoms with Crippen LogP contribution in [-0.4, -0.2) is 34.4 Å². The van der Waals surface area contributed by atoms with E-state index in [2.05, 4.69) is 20.6 Å². The molecule has 0 radical (unpaired) electrons. The maximum atomic E-state index is 11.6. The highest BCUT2D eigenvalue weighted by Crippen LogP contribution is 2.00. The second-order valence-corrected chi connectivity index (χ2v) is 3.41. The van der Waals surface area contributed by atoms with Crippen molar-refractivity contribution in [2.75, 3.05) is 11.9 Å². The number of nitrogens with two attached hydrogens (primary N) is 1. The Hall–Kier alpha value is -2.18. The first-order chi connectivity index (χ1) is 8.04. The van der Waals surface area contributed by atoms with E-state index in [1.807, 2.05) is 6.92 Å². The normalized spacial score (nSPS) is 11.6. The molecule has 92 valence electrons. The number of rotatable bonds is 5. The zero-order chi connectivity index (χ0) is 12.8. The van der Waals surface area contributed by atoms with Gasteiger partial charge in [-0.1, -0.05) is 0 Å². The quantitative estimate of drug-likeness (QED) is 0.640. The zero-order valence-corrected chi connectivity index (χ0v) is 9.73. The molecule has 0 spiro atoms. The zero-order valence-electron chi connectivity index (χ0n) is 9.73. The molecule has 1 aromatic heterocycles. The maximum Gasteiger partial charge on any atom is 0.272 e. The van der Waals surface area contributed by atoms with Gasteiger partial charge in [0.1, 0.15) is 17.6 Å². The summed E-state index contributed by atoms with van der Waals surface area (Å²) in [7, 11) is 0. The summed E-state index contributed by atoms with van der Waals surface area (Å²) in [5, 5.41) is 5.36. The van der Waals surface area contributed by atoms with Crippen LogP contribution >= 0.6 is 0 Å². The van der Waals surface area contributed by atoms with Crippen molar-refractivity contribution in [1.29, 1.82) is 0 Å². The molecule has 0 aliphatic heterocycles. The summed E-state index contributed by atoms with van der Waals surface area (Å²) in [5.74, 6) is -0.491. The molecule has 2 amide bonds. The van der Waals surface area contributed by atoms with Crippen LogP contribution in [0.1, 0.15) is 24.3 Å². The molecule has 0 saturated heterocycles. The predicted octanol–water partition coefficient (Wildman–Crippen LogP) is -0.488. The number of anilines is 1. The van der Waals surface area contributed by atoms with Crippen LogP contribution in [0.2, 0.25) is 0 Å². The fourth-order valence-corrected chi connectivity index (χ4v) is 1.06. The largest absolute Gasteiger partial charge is 0.369 e. The molecule has 0 aliphatic carbocycles. The molecule has 1 rings (SSSR count). The molecule has 0 aliphatic rings. The lowest BCUT2D eigenvalue weighted by molar-refractivity contribution is -0.119. The van der Waals surface area contributed by atoms with E-state index < -0.39 is 17.9 Å². The third-order valence-corrected chi connectivity index (χ3v) is 2.02. The Kier molecular flexibility index (Phi) is 4.38. The Balaban J connectivity index is 2.66. The van der Waals surface area contributed by atoms with Gasteiger partial charge in [-0.15, -0.1) is 0 Å². The molecule has 17 heavy (non-hydrogen) atoms. The molecule has 0 saturated carbocycles. The fraction of sp³-hybridized carbons (Fsp3) is 0.400. The van der Waals surface area contributed by atoms with E-state index in [9.17, 15) is 9.59 Å². The van der Waals surface area contributed by atoms with E-state index in [1.54, 1.807) is 0 Å². The van der Waals surface area contributed by atoms with Crippen LogP contribution in [0.25, 0.3) is 0 Å². The minimum Gasteiger partial charge on any atom is -0.369 e. The molecular formula is C10H15N5O2. The number of nitrogens with one attached hydrogen (secondary N) is 2. The van der Waals surface area contributed by atoms with Gasteiger partial charge in [-0.25, -0.2) is 9.97 Å². The van der Waals surface area contributed by atoms with Gasteiger partial charge in [-0.05, 0) is 13.8 Å². The Labute approximate surface area is 98.8 Å². The van der Waals surface area contributed by atoms with Gasteiger partial charge < -0.3 is 16.4 Å². The van der Waals surface area contributed by atoms with Gasteiger partial charge in [-0.3, -0.25) is 9.59 Å². The number of carbonyl (C=O) groups is 2. The number of primary amides is 1. The van der Waals surface area contributed by atoms with E-state index >= 15 is 0 Å². The Morgan fingerprint density at radius 3 is 2.59 bits per heavy atom. The highest BCUT2D eigenvalue weighted by Gasteiger charge is 2.14. The van der Waals surface area contributed by atoms with Crippen LogP contribution in [0.3, 0.4) is 0 Å². The second-order valence-electron chi connectivity index (χ2n) is 3.41. The van der Waals surface area contributed by atoms with Gasteiger partial charge in [-0.2, -0.15) is 0 Å². The molecule has 0 bridgehead atoms. The van der Waals surface area contributed by atoms with Gasteiger partial charge in [0.25, 0.3) is 5.91 Å². The van der Waals surface area contributed by atoms with Crippen molar-refractivity contribution in [3.8, 4) is 0 Å². The Bertz CT molecular complexity index is 404. The number of aromatic nitrogens is 2. The van der Waals surface area contributed by atoms with Crippen LogP contribution in [0.15, 0.2) is 12.4 Å². The molecule has 1 aromatic rings. The van der Waals surface area contributed by atoms with Gasteiger partial charge in [0.15, 0.2) is 0 Å².